The molecule has 0 saturated carbocycles. The maximum atomic E-state index is 11.7. The molecule has 0 saturated heterocycles. The van der Waals surface area contributed by atoms with Gasteiger partial charge in [-0.1, -0.05) is 32.6 Å². The summed E-state index contributed by atoms with van der Waals surface area (Å²) in [6.45, 7) is 2.27. The van der Waals surface area contributed by atoms with Crippen LogP contribution in [0.25, 0.3) is 0 Å². The summed E-state index contributed by atoms with van der Waals surface area (Å²) in [4.78, 5) is 23.3. The molecule has 5 heteroatoms. The Morgan fingerprint density at radius 1 is 1.00 bits per heavy atom. The number of nitrogens with one attached hydrogen (secondary N) is 2. The van der Waals surface area contributed by atoms with E-state index in [2.05, 4.69) is 17.6 Å². The highest BCUT2D eigenvalue weighted by Gasteiger charge is 2.05. The highest BCUT2D eigenvalue weighted by atomic mass is 16.3. The molecule has 0 aliphatic heterocycles. The molecule has 1 aromatic carbocycles. The molecule has 0 atom stereocenters. The summed E-state index contributed by atoms with van der Waals surface area (Å²) < 4.78 is 0. The largest absolute Gasteiger partial charge is 0.508 e. The van der Waals surface area contributed by atoms with Crippen LogP contribution >= 0.6 is 0 Å². The van der Waals surface area contributed by atoms with Gasteiger partial charge in [0.1, 0.15) is 5.75 Å². The number of hydrogen-bond donors (Lipinski definition) is 3. The van der Waals surface area contributed by atoms with Crippen LogP contribution in [-0.4, -0.2) is 23.6 Å². The predicted octanol–water partition coefficient (Wildman–Crippen LogP) is 2.56. The Balaban J connectivity index is 2.13. The van der Waals surface area contributed by atoms with Gasteiger partial charge < -0.3 is 15.7 Å². The number of rotatable bonds is 9. The van der Waals surface area contributed by atoms with Crippen molar-refractivity contribution in [3.63, 3.8) is 0 Å². The Hall–Kier alpha value is -2.04. The topological polar surface area (TPSA) is 78.4 Å². The molecule has 1 aromatic rings. The third-order valence-corrected chi connectivity index (χ3v) is 3.17. The van der Waals surface area contributed by atoms with E-state index in [1.54, 1.807) is 0 Å². The SMILES string of the molecule is CCCCCCCC(=O)NCNC(=O)c1ccc(O)cc1. The summed E-state index contributed by atoms with van der Waals surface area (Å²) >= 11 is 0. The minimum Gasteiger partial charge on any atom is -0.508 e. The molecule has 1 rings (SSSR count). The van der Waals surface area contributed by atoms with Crippen LogP contribution in [0.4, 0.5) is 0 Å². The van der Waals surface area contributed by atoms with E-state index in [0.717, 1.165) is 12.8 Å². The highest BCUT2D eigenvalue weighted by molar-refractivity contribution is 5.94. The minimum atomic E-state index is -0.279. The summed E-state index contributed by atoms with van der Waals surface area (Å²) in [7, 11) is 0. The van der Waals surface area contributed by atoms with E-state index in [9.17, 15) is 9.59 Å². The van der Waals surface area contributed by atoms with Crippen molar-refractivity contribution in [2.75, 3.05) is 6.67 Å². The first-order valence-corrected chi connectivity index (χ1v) is 7.47. The van der Waals surface area contributed by atoms with E-state index in [1.165, 1.54) is 43.5 Å². The Labute approximate surface area is 125 Å². The van der Waals surface area contributed by atoms with Crippen LogP contribution in [-0.2, 0) is 4.79 Å². The first-order chi connectivity index (χ1) is 10.1. The number of benzene rings is 1. The summed E-state index contributed by atoms with van der Waals surface area (Å²) in [5, 5.41) is 14.4. The average molecular weight is 292 g/mol. The number of carbonyl (C=O) groups is 2. The van der Waals surface area contributed by atoms with Crippen molar-refractivity contribution in [3.05, 3.63) is 29.8 Å². The zero-order valence-electron chi connectivity index (χ0n) is 12.5. The van der Waals surface area contributed by atoms with E-state index in [0.29, 0.717) is 12.0 Å². The van der Waals surface area contributed by atoms with Crippen molar-refractivity contribution in [2.45, 2.75) is 45.4 Å². The summed E-state index contributed by atoms with van der Waals surface area (Å²) in [5.74, 6) is -0.210. The lowest BCUT2D eigenvalue weighted by Gasteiger charge is -2.07. The predicted molar refractivity (Wildman–Crippen MR) is 82.0 cm³/mol. The molecular formula is C16H24N2O3. The molecule has 0 bridgehead atoms. The van der Waals surface area contributed by atoms with Gasteiger partial charge in [-0.25, -0.2) is 0 Å². The minimum absolute atomic E-state index is 0.0440. The molecule has 5 nitrogen and oxygen atoms in total. The lowest BCUT2D eigenvalue weighted by atomic mass is 10.1. The fourth-order valence-corrected chi connectivity index (χ4v) is 1.92. The van der Waals surface area contributed by atoms with Gasteiger partial charge in [0.05, 0.1) is 6.67 Å². The normalized spacial score (nSPS) is 10.1. The Morgan fingerprint density at radius 2 is 1.67 bits per heavy atom. The van der Waals surface area contributed by atoms with Crippen molar-refractivity contribution >= 4 is 11.8 Å². The number of unbranched alkanes of at least 4 members (excludes halogenated alkanes) is 4. The average Bonchev–Trinajstić information content (AvgIpc) is 2.47. The van der Waals surface area contributed by atoms with Crippen molar-refractivity contribution in [1.82, 2.24) is 10.6 Å². The molecule has 0 aliphatic rings. The van der Waals surface area contributed by atoms with Gasteiger partial charge in [-0.2, -0.15) is 0 Å². The van der Waals surface area contributed by atoms with Gasteiger partial charge >= 0.3 is 0 Å². The monoisotopic (exact) mass is 292 g/mol. The molecule has 0 fully saturated rings. The van der Waals surface area contributed by atoms with Crippen LogP contribution < -0.4 is 10.6 Å². The van der Waals surface area contributed by atoms with E-state index in [1.807, 2.05) is 0 Å². The Morgan fingerprint density at radius 3 is 2.33 bits per heavy atom. The third kappa shape index (κ3) is 7.34. The number of aromatic hydroxyl groups is 1. The molecule has 3 N–H and O–H groups in total. The first-order valence-electron chi connectivity index (χ1n) is 7.47. The highest BCUT2D eigenvalue weighted by Crippen LogP contribution is 2.09. The van der Waals surface area contributed by atoms with Crippen LogP contribution in [0.2, 0.25) is 0 Å². The second-order valence-corrected chi connectivity index (χ2v) is 4.99. The third-order valence-electron chi connectivity index (χ3n) is 3.17. The van der Waals surface area contributed by atoms with Crippen LogP contribution in [0.3, 0.4) is 0 Å². The maximum Gasteiger partial charge on any atom is 0.252 e. The molecule has 0 aliphatic carbocycles. The molecule has 2 amide bonds. The van der Waals surface area contributed by atoms with E-state index >= 15 is 0 Å². The smallest absolute Gasteiger partial charge is 0.252 e. The molecule has 116 valence electrons. The lowest BCUT2D eigenvalue weighted by Crippen LogP contribution is -2.37. The molecule has 21 heavy (non-hydrogen) atoms. The van der Waals surface area contributed by atoms with Crippen LogP contribution in [0.15, 0.2) is 24.3 Å². The molecule has 0 aromatic heterocycles. The zero-order valence-corrected chi connectivity index (χ0v) is 12.5. The number of amides is 2. The van der Waals surface area contributed by atoms with Gasteiger partial charge in [0.2, 0.25) is 5.91 Å². The fraction of sp³-hybridized carbons (Fsp3) is 0.500. The van der Waals surface area contributed by atoms with Gasteiger partial charge in [0, 0.05) is 12.0 Å². The summed E-state index contributed by atoms with van der Waals surface area (Å²) in [6, 6.07) is 5.95. The van der Waals surface area contributed by atoms with Crippen molar-refractivity contribution < 1.29 is 14.7 Å². The van der Waals surface area contributed by atoms with E-state index in [4.69, 9.17) is 5.11 Å². The van der Waals surface area contributed by atoms with Gasteiger partial charge in [0.15, 0.2) is 0 Å². The van der Waals surface area contributed by atoms with Crippen LogP contribution in [0.1, 0.15) is 55.8 Å². The van der Waals surface area contributed by atoms with Crippen molar-refractivity contribution in [2.24, 2.45) is 0 Å². The lowest BCUT2D eigenvalue weighted by molar-refractivity contribution is -0.121. The van der Waals surface area contributed by atoms with E-state index in [-0.39, 0.29) is 24.2 Å². The van der Waals surface area contributed by atoms with Crippen molar-refractivity contribution in [3.8, 4) is 5.75 Å². The van der Waals surface area contributed by atoms with Crippen LogP contribution in [0, 0.1) is 0 Å². The van der Waals surface area contributed by atoms with Gasteiger partial charge in [-0.3, -0.25) is 9.59 Å². The molecule has 0 spiro atoms. The fourth-order valence-electron chi connectivity index (χ4n) is 1.92. The molecular weight excluding hydrogens is 268 g/mol. The number of hydrogen-bond acceptors (Lipinski definition) is 3. The van der Waals surface area contributed by atoms with Gasteiger partial charge in [-0.15, -0.1) is 0 Å². The standard InChI is InChI=1S/C16H24N2O3/c1-2-3-4-5-6-7-15(20)17-12-18-16(21)13-8-10-14(19)11-9-13/h8-11,19H,2-7,12H2,1H3,(H,17,20)(H,18,21). The van der Waals surface area contributed by atoms with Crippen LogP contribution in [0.5, 0.6) is 5.75 Å². The Kier molecular flexibility index (Phi) is 7.94. The number of phenols is 1. The second kappa shape index (κ2) is 9.80. The first kappa shape index (κ1) is 17.0. The summed E-state index contributed by atoms with van der Waals surface area (Å²) in [6.07, 6.45) is 6.03. The number of carbonyl (C=O) groups excluding carboxylic acids is 2. The molecule has 0 heterocycles. The molecule has 0 radical (unpaired) electrons. The quantitative estimate of drug-likeness (QED) is 0.483. The Bertz CT molecular complexity index is 443. The van der Waals surface area contributed by atoms with E-state index < -0.39 is 0 Å². The maximum absolute atomic E-state index is 11.7. The van der Waals surface area contributed by atoms with Gasteiger partial charge in [-0.05, 0) is 30.7 Å². The second-order valence-electron chi connectivity index (χ2n) is 4.99. The summed E-state index contributed by atoms with van der Waals surface area (Å²) in [5.41, 5.74) is 0.446. The van der Waals surface area contributed by atoms with Crippen molar-refractivity contribution in [1.29, 1.82) is 0 Å². The van der Waals surface area contributed by atoms with Gasteiger partial charge in [0.25, 0.3) is 5.91 Å². The zero-order chi connectivity index (χ0) is 15.5. The molecule has 0 unspecified atom stereocenters. The number of phenolic OH excluding ortho intramolecular Hbond substituents is 1.